The molecule has 0 saturated heterocycles. The van der Waals surface area contributed by atoms with Gasteiger partial charge in [-0.05, 0) is 37.3 Å². The lowest BCUT2D eigenvalue weighted by molar-refractivity contribution is 0.768. The highest BCUT2D eigenvalue weighted by Crippen LogP contribution is 2.37. The Hall–Kier alpha value is -3.71. The average Bonchev–Trinajstić information content (AvgIpc) is 3.52. The van der Waals surface area contributed by atoms with Crippen molar-refractivity contribution >= 4 is 33.3 Å². The highest BCUT2D eigenvalue weighted by molar-refractivity contribution is 7.15. The summed E-state index contributed by atoms with van der Waals surface area (Å²) in [4.78, 5) is 10.7. The number of aryl methyl sites for hydroxylation is 2. The zero-order chi connectivity index (χ0) is 20.2. The summed E-state index contributed by atoms with van der Waals surface area (Å²) in [6.07, 6.45) is 5.69. The van der Waals surface area contributed by atoms with Gasteiger partial charge in [-0.3, -0.25) is 9.78 Å². The molecule has 6 rings (SSSR count). The first kappa shape index (κ1) is 17.2. The molecule has 30 heavy (non-hydrogen) atoms. The molecule has 0 aliphatic rings. The first-order valence-electron chi connectivity index (χ1n) is 9.68. The first-order valence-corrected chi connectivity index (χ1v) is 10.5. The van der Waals surface area contributed by atoms with Crippen LogP contribution in [0.25, 0.3) is 54.9 Å². The molecule has 6 aromatic rings. The van der Waals surface area contributed by atoms with E-state index in [0.717, 1.165) is 39.1 Å². The Morgan fingerprint density at radius 1 is 1.00 bits per heavy atom. The van der Waals surface area contributed by atoms with E-state index in [1.54, 1.807) is 4.68 Å². The highest BCUT2D eigenvalue weighted by Gasteiger charge is 2.15. The van der Waals surface area contributed by atoms with Crippen LogP contribution < -0.4 is 0 Å². The Morgan fingerprint density at radius 2 is 1.93 bits per heavy atom. The molecule has 5 aromatic heterocycles. The molecule has 0 unspecified atom stereocenters. The Balaban J connectivity index is 1.52. The third-order valence-electron chi connectivity index (χ3n) is 5.38. The highest BCUT2D eigenvalue weighted by atomic mass is 32.1. The Morgan fingerprint density at radius 3 is 2.73 bits per heavy atom. The van der Waals surface area contributed by atoms with Gasteiger partial charge >= 0.3 is 0 Å². The van der Waals surface area contributed by atoms with Gasteiger partial charge in [-0.2, -0.15) is 10.2 Å². The minimum Gasteiger partial charge on any atom is -0.353 e. The number of aromatic amines is 2. The van der Waals surface area contributed by atoms with Crippen molar-refractivity contribution in [1.82, 2.24) is 29.9 Å². The van der Waals surface area contributed by atoms with Gasteiger partial charge in [-0.25, -0.2) is 4.98 Å². The lowest BCUT2D eigenvalue weighted by atomic mass is 10.1. The van der Waals surface area contributed by atoms with Crippen molar-refractivity contribution in [3.05, 3.63) is 65.9 Å². The summed E-state index contributed by atoms with van der Waals surface area (Å²) in [5.74, 6) is 0. The van der Waals surface area contributed by atoms with Gasteiger partial charge in [0.1, 0.15) is 5.69 Å². The summed E-state index contributed by atoms with van der Waals surface area (Å²) in [5.41, 5.74) is 7.00. The summed E-state index contributed by atoms with van der Waals surface area (Å²) in [6.45, 7) is 2.14. The number of aromatic nitrogens is 6. The smallest absolute Gasteiger partial charge is 0.155 e. The molecule has 0 amide bonds. The fourth-order valence-electron chi connectivity index (χ4n) is 3.91. The Bertz CT molecular complexity index is 1530. The van der Waals surface area contributed by atoms with Crippen LogP contribution in [-0.2, 0) is 7.05 Å². The van der Waals surface area contributed by atoms with Gasteiger partial charge in [0.2, 0.25) is 0 Å². The van der Waals surface area contributed by atoms with Crippen molar-refractivity contribution in [3.8, 4) is 33.0 Å². The predicted molar refractivity (Wildman–Crippen MR) is 121 cm³/mol. The number of hydrogen-bond acceptors (Lipinski definition) is 4. The van der Waals surface area contributed by atoms with E-state index in [0.29, 0.717) is 0 Å². The molecule has 0 atom stereocenters. The second kappa shape index (κ2) is 6.40. The number of benzene rings is 1. The topological polar surface area (TPSA) is 75.2 Å². The molecule has 0 saturated carbocycles. The molecule has 0 radical (unpaired) electrons. The molecule has 146 valence electrons. The molecular weight excluding hydrogens is 392 g/mol. The number of fused-ring (bicyclic) bond motifs is 2. The molecule has 2 N–H and O–H groups in total. The summed E-state index contributed by atoms with van der Waals surface area (Å²) >= 11 is 1.81. The second-order valence-corrected chi connectivity index (χ2v) is 8.74. The molecule has 0 aliphatic carbocycles. The van der Waals surface area contributed by atoms with Crippen molar-refractivity contribution in [2.45, 2.75) is 6.92 Å². The van der Waals surface area contributed by atoms with Crippen LogP contribution in [0.2, 0.25) is 0 Å². The molecule has 5 heterocycles. The van der Waals surface area contributed by atoms with E-state index in [1.165, 1.54) is 20.7 Å². The quantitative estimate of drug-likeness (QED) is 0.402. The SMILES string of the molecule is Cc1ccc(-c2cccc3[nH]c(-c4n[nH]c5ncc(-c6cnn(C)c6)cc45)cc23)s1. The molecule has 0 bridgehead atoms. The molecule has 0 spiro atoms. The number of nitrogens with zero attached hydrogens (tertiary/aromatic N) is 4. The first-order chi connectivity index (χ1) is 14.7. The van der Waals surface area contributed by atoms with E-state index in [9.17, 15) is 0 Å². The molecule has 0 fully saturated rings. The summed E-state index contributed by atoms with van der Waals surface area (Å²) in [5, 5.41) is 14.1. The van der Waals surface area contributed by atoms with E-state index in [4.69, 9.17) is 0 Å². The van der Waals surface area contributed by atoms with Gasteiger partial charge in [-0.1, -0.05) is 12.1 Å². The van der Waals surface area contributed by atoms with Crippen molar-refractivity contribution in [3.63, 3.8) is 0 Å². The van der Waals surface area contributed by atoms with Crippen LogP contribution in [-0.4, -0.2) is 29.9 Å². The maximum Gasteiger partial charge on any atom is 0.155 e. The fourth-order valence-corrected chi connectivity index (χ4v) is 4.82. The van der Waals surface area contributed by atoms with Crippen LogP contribution in [0.1, 0.15) is 4.88 Å². The third kappa shape index (κ3) is 2.67. The Labute approximate surface area is 176 Å². The molecular formula is C23H18N6S. The molecule has 6 nitrogen and oxygen atoms in total. The predicted octanol–water partition coefficient (Wildman–Crippen LogP) is 5.54. The van der Waals surface area contributed by atoms with Crippen molar-refractivity contribution < 1.29 is 0 Å². The van der Waals surface area contributed by atoms with Crippen molar-refractivity contribution in [1.29, 1.82) is 0 Å². The van der Waals surface area contributed by atoms with E-state index in [2.05, 4.69) is 74.7 Å². The number of rotatable bonds is 3. The molecule has 7 heteroatoms. The van der Waals surface area contributed by atoms with E-state index in [1.807, 2.05) is 37.0 Å². The van der Waals surface area contributed by atoms with Crippen LogP contribution in [0.4, 0.5) is 0 Å². The fraction of sp³-hybridized carbons (Fsp3) is 0.0870. The molecule has 1 aromatic carbocycles. The number of H-pyrrole nitrogens is 2. The van der Waals surface area contributed by atoms with Crippen molar-refractivity contribution in [2.75, 3.05) is 0 Å². The summed E-state index contributed by atoms with van der Waals surface area (Å²) in [6, 6.07) is 15.0. The third-order valence-corrected chi connectivity index (χ3v) is 6.41. The van der Waals surface area contributed by atoms with Gasteiger partial charge in [0.15, 0.2) is 5.65 Å². The number of pyridine rings is 1. The minimum absolute atomic E-state index is 0.769. The zero-order valence-corrected chi connectivity index (χ0v) is 17.3. The van der Waals surface area contributed by atoms with Crippen LogP contribution in [0, 0.1) is 6.92 Å². The van der Waals surface area contributed by atoms with Gasteiger partial charge in [0.25, 0.3) is 0 Å². The monoisotopic (exact) mass is 410 g/mol. The van der Waals surface area contributed by atoms with E-state index in [-0.39, 0.29) is 0 Å². The zero-order valence-electron chi connectivity index (χ0n) is 16.5. The number of thiophene rings is 1. The van der Waals surface area contributed by atoms with Crippen molar-refractivity contribution in [2.24, 2.45) is 7.05 Å². The lowest BCUT2D eigenvalue weighted by Gasteiger charge is -1.99. The van der Waals surface area contributed by atoms with E-state index >= 15 is 0 Å². The summed E-state index contributed by atoms with van der Waals surface area (Å²) < 4.78 is 1.79. The number of hydrogen-bond donors (Lipinski definition) is 2. The van der Waals surface area contributed by atoms with Crippen LogP contribution in [0.3, 0.4) is 0 Å². The lowest BCUT2D eigenvalue weighted by Crippen LogP contribution is -1.84. The number of nitrogens with one attached hydrogen (secondary N) is 2. The standard InChI is InChI=1S/C23H18N6S/c1-13-6-7-21(30-13)16-4-3-5-19-17(16)9-20(26-19)22-18-8-14(10-24-23(18)28-27-22)15-11-25-29(2)12-15/h3-12,26H,1-2H3,(H,24,27,28). The van der Waals surface area contributed by atoms with Gasteiger partial charge in [0.05, 0.1) is 11.9 Å². The second-order valence-electron chi connectivity index (χ2n) is 7.46. The largest absolute Gasteiger partial charge is 0.353 e. The minimum atomic E-state index is 0.769. The maximum absolute atomic E-state index is 4.57. The average molecular weight is 411 g/mol. The van der Waals surface area contributed by atoms with E-state index < -0.39 is 0 Å². The van der Waals surface area contributed by atoms with Crippen LogP contribution in [0.15, 0.2) is 61.1 Å². The van der Waals surface area contributed by atoms with Crippen LogP contribution in [0.5, 0.6) is 0 Å². The normalized spacial score (nSPS) is 11.7. The van der Waals surface area contributed by atoms with Crippen LogP contribution >= 0.6 is 11.3 Å². The maximum atomic E-state index is 4.57. The van der Waals surface area contributed by atoms with Gasteiger partial charge < -0.3 is 4.98 Å². The van der Waals surface area contributed by atoms with Gasteiger partial charge in [-0.15, -0.1) is 11.3 Å². The summed E-state index contributed by atoms with van der Waals surface area (Å²) in [7, 11) is 1.91. The Kier molecular flexibility index (Phi) is 3.66. The molecule has 0 aliphatic heterocycles. The van der Waals surface area contributed by atoms with Gasteiger partial charge in [0, 0.05) is 62.2 Å².